The molecule has 0 atom stereocenters. The van der Waals surface area contributed by atoms with Gasteiger partial charge in [-0.05, 0) is 31.5 Å². The number of carbonyl (C=O) groups is 1. The number of aromatic nitrogens is 3. The summed E-state index contributed by atoms with van der Waals surface area (Å²) in [5.74, 6) is 0.502. The summed E-state index contributed by atoms with van der Waals surface area (Å²) in [6.07, 6.45) is 0. The van der Waals surface area contributed by atoms with E-state index in [9.17, 15) is 13.2 Å². The van der Waals surface area contributed by atoms with Gasteiger partial charge in [0.1, 0.15) is 5.82 Å². The number of hydrogen-bond donors (Lipinski definition) is 3. The third-order valence-electron chi connectivity index (χ3n) is 6.67. The quantitative estimate of drug-likeness (QED) is 0.284. The molecule has 0 spiro atoms. The van der Waals surface area contributed by atoms with Crippen LogP contribution in [-0.4, -0.2) is 45.6 Å². The molecule has 1 fully saturated rings. The fraction of sp³-hybridized carbons (Fsp3) is 0.321. The second-order valence-electron chi connectivity index (χ2n) is 11.4. The van der Waals surface area contributed by atoms with Crippen molar-refractivity contribution in [3.8, 4) is 16.9 Å². The topological polar surface area (TPSA) is 121 Å². The van der Waals surface area contributed by atoms with Crippen molar-refractivity contribution in [2.24, 2.45) is 0 Å². The minimum Gasteiger partial charge on any atom is -0.292 e. The lowest BCUT2D eigenvalue weighted by molar-refractivity contribution is 0.255. The van der Waals surface area contributed by atoms with Crippen LogP contribution >= 0.6 is 11.3 Å². The molecule has 0 radical (unpaired) electrons. The van der Waals surface area contributed by atoms with Crippen LogP contribution in [0.15, 0.2) is 66.0 Å². The SMILES string of the molecule is CC(C)(C)c1cc(NC(=O)Nc2nc(-c3ccccc3)cs2)n(-c2ccc(CN3C(C)(C)CNS3(=O)=O)cc2)n1. The highest BCUT2D eigenvalue weighted by Gasteiger charge is 2.42. The van der Waals surface area contributed by atoms with E-state index >= 15 is 0 Å². The van der Waals surface area contributed by atoms with E-state index in [4.69, 9.17) is 5.10 Å². The molecule has 1 aliphatic heterocycles. The zero-order chi connectivity index (χ0) is 28.7. The summed E-state index contributed by atoms with van der Waals surface area (Å²) in [5.41, 5.74) is 3.39. The summed E-state index contributed by atoms with van der Waals surface area (Å²) < 4.78 is 30.7. The number of thiazole rings is 1. The minimum atomic E-state index is -3.52. The number of benzene rings is 2. The molecule has 12 heteroatoms. The first kappa shape index (κ1) is 28.0. The van der Waals surface area contributed by atoms with Crippen LogP contribution in [0.25, 0.3) is 16.9 Å². The monoisotopic (exact) mass is 579 g/mol. The summed E-state index contributed by atoms with van der Waals surface area (Å²) in [6, 6.07) is 18.7. The Kier molecular flexibility index (Phi) is 7.29. The predicted octanol–water partition coefficient (Wildman–Crippen LogP) is 5.37. The highest BCUT2D eigenvalue weighted by Crippen LogP contribution is 2.29. The highest BCUT2D eigenvalue weighted by molar-refractivity contribution is 7.87. The van der Waals surface area contributed by atoms with Gasteiger partial charge in [-0.1, -0.05) is 63.2 Å². The van der Waals surface area contributed by atoms with E-state index in [2.05, 4.69) is 41.1 Å². The van der Waals surface area contributed by atoms with E-state index in [1.165, 1.54) is 15.6 Å². The lowest BCUT2D eigenvalue weighted by Crippen LogP contribution is -2.41. The van der Waals surface area contributed by atoms with Gasteiger partial charge in [0, 0.05) is 41.1 Å². The van der Waals surface area contributed by atoms with Crippen LogP contribution in [0.3, 0.4) is 0 Å². The molecule has 0 saturated carbocycles. The molecule has 0 bridgehead atoms. The molecule has 2 aromatic heterocycles. The number of urea groups is 1. The molecule has 1 aliphatic rings. The van der Waals surface area contributed by atoms with Crippen LogP contribution in [-0.2, 0) is 22.2 Å². The van der Waals surface area contributed by atoms with Gasteiger partial charge in [0.25, 0.3) is 10.2 Å². The first-order valence-electron chi connectivity index (χ1n) is 12.9. The largest absolute Gasteiger partial charge is 0.326 e. The second-order valence-corrected chi connectivity index (χ2v) is 13.9. The van der Waals surface area contributed by atoms with Crippen molar-refractivity contribution < 1.29 is 13.2 Å². The van der Waals surface area contributed by atoms with Crippen molar-refractivity contribution >= 4 is 38.5 Å². The van der Waals surface area contributed by atoms with E-state index in [-0.39, 0.29) is 12.0 Å². The number of rotatable bonds is 6. The molecule has 3 heterocycles. The average molecular weight is 580 g/mol. The molecule has 210 valence electrons. The Labute approximate surface area is 238 Å². The molecule has 1 saturated heterocycles. The Hall–Kier alpha value is -3.58. The van der Waals surface area contributed by atoms with Crippen molar-refractivity contribution in [2.45, 2.75) is 52.1 Å². The smallest absolute Gasteiger partial charge is 0.292 e. The van der Waals surface area contributed by atoms with Gasteiger partial charge in [-0.15, -0.1) is 11.3 Å². The fourth-order valence-corrected chi connectivity index (χ4v) is 6.76. The van der Waals surface area contributed by atoms with Crippen LogP contribution < -0.4 is 15.4 Å². The van der Waals surface area contributed by atoms with Gasteiger partial charge >= 0.3 is 6.03 Å². The van der Waals surface area contributed by atoms with E-state index in [0.717, 1.165) is 28.2 Å². The van der Waals surface area contributed by atoms with Crippen LogP contribution in [0, 0.1) is 0 Å². The summed E-state index contributed by atoms with van der Waals surface area (Å²) in [4.78, 5) is 17.5. The molecule has 5 rings (SSSR count). The number of anilines is 2. The maximum Gasteiger partial charge on any atom is 0.326 e. The fourth-order valence-electron chi connectivity index (χ4n) is 4.32. The summed E-state index contributed by atoms with van der Waals surface area (Å²) in [5, 5.41) is 12.9. The predicted molar refractivity (Wildman–Crippen MR) is 159 cm³/mol. The van der Waals surface area contributed by atoms with Gasteiger partial charge in [-0.3, -0.25) is 10.6 Å². The van der Waals surface area contributed by atoms with Crippen LogP contribution in [0.5, 0.6) is 0 Å². The van der Waals surface area contributed by atoms with E-state index in [1.807, 2.05) is 79.9 Å². The summed E-state index contributed by atoms with van der Waals surface area (Å²) in [6.45, 7) is 10.6. The maximum atomic E-state index is 13.0. The maximum absolute atomic E-state index is 13.0. The Morgan fingerprint density at radius 2 is 1.77 bits per heavy atom. The Morgan fingerprint density at radius 1 is 1.07 bits per heavy atom. The number of nitrogens with one attached hydrogen (secondary N) is 3. The number of amides is 2. The van der Waals surface area contributed by atoms with Crippen molar-refractivity contribution in [3.05, 3.63) is 77.3 Å². The van der Waals surface area contributed by atoms with E-state index < -0.39 is 21.8 Å². The third-order valence-corrected chi connectivity index (χ3v) is 9.14. The number of nitrogens with zero attached hydrogens (tertiary/aromatic N) is 4. The first-order valence-corrected chi connectivity index (χ1v) is 15.2. The van der Waals surface area contributed by atoms with Crippen LogP contribution in [0.2, 0.25) is 0 Å². The number of hydrogen-bond acceptors (Lipinski definition) is 6. The molecule has 3 N–H and O–H groups in total. The molecule has 40 heavy (non-hydrogen) atoms. The molecule has 2 aromatic carbocycles. The lowest BCUT2D eigenvalue weighted by atomic mass is 9.92. The van der Waals surface area contributed by atoms with Gasteiger partial charge in [-0.25, -0.2) is 19.2 Å². The summed E-state index contributed by atoms with van der Waals surface area (Å²) in [7, 11) is -3.52. The molecule has 2 amide bonds. The molecule has 0 aliphatic carbocycles. The molecule has 10 nitrogen and oxygen atoms in total. The van der Waals surface area contributed by atoms with Crippen LogP contribution in [0.4, 0.5) is 15.7 Å². The Bertz CT molecular complexity index is 1620. The van der Waals surface area contributed by atoms with Crippen molar-refractivity contribution in [3.63, 3.8) is 0 Å². The average Bonchev–Trinajstić information content (AvgIpc) is 3.59. The Balaban J connectivity index is 1.35. The number of carbonyl (C=O) groups excluding carboxylic acids is 1. The first-order chi connectivity index (χ1) is 18.8. The van der Waals surface area contributed by atoms with E-state index in [1.54, 1.807) is 4.68 Å². The molecule has 0 unspecified atom stereocenters. The van der Waals surface area contributed by atoms with Crippen molar-refractivity contribution in [1.29, 1.82) is 0 Å². The third kappa shape index (κ3) is 5.94. The molecule has 4 aromatic rings. The van der Waals surface area contributed by atoms with Gasteiger partial charge in [0.05, 0.1) is 17.1 Å². The minimum absolute atomic E-state index is 0.249. The van der Waals surface area contributed by atoms with Gasteiger partial charge in [0.15, 0.2) is 5.13 Å². The van der Waals surface area contributed by atoms with Crippen molar-refractivity contribution in [1.82, 2.24) is 23.8 Å². The lowest BCUT2D eigenvalue weighted by Gasteiger charge is -2.28. The van der Waals surface area contributed by atoms with Crippen LogP contribution in [0.1, 0.15) is 45.9 Å². The van der Waals surface area contributed by atoms with Crippen molar-refractivity contribution in [2.75, 3.05) is 17.2 Å². The highest BCUT2D eigenvalue weighted by atomic mass is 32.2. The zero-order valence-corrected chi connectivity index (χ0v) is 24.7. The van der Waals surface area contributed by atoms with E-state index in [0.29, 0.717) is 17.5 Å². The standard InChI is InChI=1S/C28H33N7O3S2/c1-27(2,3)23-15-24(31-25(36)32-26-30-22(17-39-26)20-9-7-6-8-10-20)35(33-23)21-13-11-19(12-14-21)16-34-28(4,5)18-29-40(34,37)38/h6-15,17,29H,16,18H2,1-5H3,(H2,30,31,32,36). The second kappa shape index (κ2) is 10.4. The summed E-state index contributed by atoms with van der Waals surface area (Å²) >= 11 is 1.35. The molecular formula is C28H33N7O3S2. The van der Waals surface area contributed by atoms with Gasteiger partial charge in [-0.2, -0.15) is 17.8 Å². The zero-order valence-electron chi connectivity index (χ0n) is 23.1. The Morgan fingerprint density at radius 3 is 2.40 bits per heavy atom. The van der Waals surface area contributed by atoms with Gasteiger partial charge < -0.3 is 0 Å². The normalized spacial score (nSPS) is 16.6. The van der Waals surface area contributed by atoms with Gasteiger partial charge in [0.2, 0.25) is 0 Å². The molecular weight excluding hydrogens is 546 g/mol.